The Kier molecular flexibility index (Phi) is 35.7. The maximum atomic E-state index is 12.1. The molecule has 270 valence electrons. The number of hydrogen-bond donors (Lipinski definition) is 1. The van der Waals surface area contributed by atoms with Gasteiger partial charge in [-0.25, -0.2) is 0 Å². The van der Waals surface area contributed by atoms with Gasteiger partial charge in [0.2, 0.25) is 0 Å². The molecule has 0 radical (unpaired) electrons. The summed E-state index contributed by atoms with van der Waals surface area (Å²) in [5.74, 6) is -0.685. The molecule has 0 aromatic rings. The molecule has 0 heterocycles. The fraction of sp³-hybridized carbons (Fsp3) is 0.581. The summed E-state index contributed by atoms with van der Waals surface area (Å²) < 4.78 is 10.5. The van der Waals surface area contributed by atoms with Crippen molar-refractivity contribution in [3.05, 3.63) is 97.2 Å². The van der Waals surface area contributed by atoms with Gasteiger partial charge in [0, 0.05) is 12.8 Å². The van der Waals surface area contributed by atoms with Crippen LogP contribution in [-0.4, -0.2) is 36.4 Å². The Labute approximate surface area is 294 Å². The van der Waals surface area contributed by atoms with Crippen molar-refractivity contribution in [3.8, 4) is 0 Å². The van der Waals surface area contributed by atoms with Gasteiger partial charge in [-0.05, 0) is 96.3 Å². The number of hydrogen-bond acceptors (Lipinski definition) is 5. The Bertz CT molecular complexity index is 979. The van der Waals surface area contributed by atoms with Gasteiger partial charge < -0.3 is 14.6 Å². The molecule has 1 N–H and O–H groups in total. The molecular formula is C43H68O5. The first-order chi connectivity index (χ1) is 23.6. The zero-order valence-electron chi connectivity index (χ0n) is 30.5. The Hall–Kier alpha value is -3.18. The minimum atomic E-state index is -0.810. The summed E-state index contributed by atoms with van der Waals surface area (Å²) in [6, 6.07) is 0. The second-order valence-electron chi connectivity index (χ2n) is 11.9. The zero-order chi connectivity index (χ0) is 35.0. The third-order valence-corrected chi connectivity index (χ3v) is 7.36. The molecule has 0 aromatic carbocycles. The van der Waals surface area contributed by atoms with Crippen LogP contribution in [0.15, 0.2) is 97.2 Å². The van der Waals surface area contributed by atoms with Crippen LogP contribution >= 0.6 is 0 Å². The number of ether oxygens (including phenoxy) is 2. The lowest BCUT2D eigenvalue weighted by Gasteiger charge is -2.15. The molecule has 0 aromatic heterocycles. The lowest BCUT2D eigenvalue weighted by molar-refractivity contribution is -0.161. The SMILES string of the molecule is CCC=CCC=CCC=CCC=CCC=CCCCCCC(=O)O[C@@H](CO)COC(=O)CCCCC=CCC=CCC=CCCCCC. The molecule has 0 aliphatic carbocycles. The Morgan fingerprint density at radius 2 is 0.896 bits per heavy atom. The van der Waals surface area contributed by atoms with Gasteiger partial charge in [0.05, 0.1) is 6.61 Å². The van der Waals surface area contributed by atoms with Crippen molar-refractivity contribution < 1.29 is 24.2 Å². The van der Waals surface area contributed by atoms with E-state index in [0.29, 0.717) is 12.8 Å². The van der Waals surface area contributed by atoms with Crippen molar-refractivity contribution in [3.63, 3.8) is 0 Å². The molecule has 0 rings (SSSR count). The van der Waals surface area contributed by atoms with Crippen molar-refractivity contribution in [1.29, 1.82) is 0 Å². The van der Waals surface area contributed by atoms with Crippen LogP contribution in [0.1, 0.15) is 142 Å². The average Bonchev–Trinajstić information content (AvgIpc) is 3.09. The third-order valence-electron chi connectivity index (χ3n) is 7.36. The van der Waals surface area contributed by atoms with E-state index < -0.39 is 6.10 Å². The second kappa shape index (κ2) is 38.3. The highest BCUT2D eigenvalue weighted by Crippen LogP contribution is 2.08. The van der Waals surface area contributed by atoms with E-state index in [1.165, 1.54) is 25.7 Å². The van der Waals surface area contributed by atoms with Crippen LogP contribution in [-0.2, 0) is 19.1 Å². The van der Waals surface area contributed by atoms with Crippen LogP contribution in [0.2, 0.25) is 0 Å². The van der Waals surface area contributed by atoms with Crippen molar-refractivity contribution in [2.45, 2.75) is 148 Å². The molecule has 0 aliphatic heterocycles. The van der Waals surface area contributed by atoms with Gasteiger partial charge in [0.1, 0.15) is 6.61 Å². The van der Waals surface area contributed by atoms with Crippen LogP contribution in [0, 0.1) is 0 Å². The molecular weight excluding hydrogens is 596 g/mol. The summed E-state index contributed by atoms with van der Waals surface area (Å²) in [6.07, 6.45) is 53.2. The van der Waals surface area contributed by atoms with Gasteiger partial charge in [-0.2, -0.15) is 0 Å². The summed E-state index contributed by atoms with van der Waals surface area (Å²) in [6.45, 7) is 3.90. The number of rotatable bonds is 32. The van der Waals surface area contributed by atoms with Gasteiger partial charge in [0.25, 0.3) is 0 Å². The van der Waals surface area contributed by atoms with E-state index in [1.807, 2.05) is 0 Å². The van der Waals surface area contributed by atoms with Crippen LogP contribution in [0.4, 0.5) is 0 Å². The van der Waals surface area contributed by atoms with E-state index in [9.17, 15) is 14.7 Å². The number of carbonyl (C=O) groups is 2. The van der Waals surface area contributed by atoms with Crippen molar-refractivity contribution in [2.24, 2.45) is 0 Å². The summed E-state index contributed by atoms with van der Waals surface area (Å²) >= 11 is 0. The number of aliphatic hydroxyl groups excluding tert-OH is 1. The third kappa shape index (κ3) is 35.7. The molecule has 0 bridgehead atoms. The van der Waals surface area contributed by atoms with Gasteiger partial charge in [-0.3, -0.25) is 9.59 Å². The number of aliphatic hydroxyl groups is 1. The lowest BCUT2D eigenvalue weighted by atomic mass is 10.1. The summed E-state index contributed by atoms with van der Waals surface area (Å²) in [4.78, 5) is 24.2. The van der Waals surface area contributed by atoms with E-state index in [1.54, 1.807) is 0 Å². The molecule has 5 nitrogen and oxygen atoms in total. The predicted molar refractivity (Wildman–Crippen MR) is 205 cm³/mol. The minimum absolute atomic E-state index is 0.106. The van der Waals surface area contributed by atoms with E-state index >= 15 is 0 Å². The molecule has 48 heavy (non-hydrogen) atoms. The molecule has 0 aliphatic rings. The molecule has 1 atom stereocenters. The van der Waals surface area contributed by atoms with Crippen LogP contribution in [0.3, 0.4) is 0 Å². The van der Waals surface area contributed by atoms with E-state index in [-0.39, 0.29) is 25.2 Å². The van der Waals surface area contributed by atoms with E-state index in [0.717, 1.165) is 89.9 Å². The maximum Gasteiger partial charge on any atom is 0.306 e. The first-order valence-electron chi connectivity index (χ1n) is 18.8. The number of allylic oxidation sites excluding steroid dienone is 16. The topological polar surface area (TPSA) is 72.8 Å². The van der Waals surface area contributed by atoms with Crippen molar-refractivity contribution in [1.82, 2.24) is 0 Å². The quantitative estimate of drug-likeness (QED) is 0.0440. The summed E-state index contributed by atoms with van der Waals surface area (Å²) in [7, 11) is 0. The molecule has 0 unspecified atom stereocenters. The zero-order valence-corrected chi connectivity index (χ0v) is 30.5. The predicted octanol–water partition coefficient (Wildman–Crippen LogP) is 11.7. The molecule has 0 saturated heterocycles. The standard InChI is InChI=1S/C43H68O5/c1-3-5-7-9-11-13-15-17-19-20-21-22-24-26-28-30-32-34-36-38-43(46)48-41(39-44)40-47-42(45)37-35-33-31-29-27-25-23-18-16-14-12-10-8-6-4-2/h5,7,11-14,17-19,21-23,26-29,41,44H,3-4,6,8-10,15-16,20,24-25,30-40H2,1-2H3/t41-/m0/s1. The molecule has 0 spiro atoms. The van der Waals surface area contributed by atoms with Crippen LogP contribution in [0.5, 0.6) is 0 Å². The smallest absolute Gasteiger partial charge is 0.306 e. The van der Waals surface area contributed by atoms with Gasteiger partial charge in [0.15, 0.2) is 6.10 Å². The highest BCUT2D eigenvalue weighted by Gasteiger charge is 2.16. The number of carbonyl (C=O) groups excluding carboxylic acids is 2. The highest BCUT2D eigenvalue weighted by atomic mass is 16.6. The van der Waals surface area contributed by atoms with Gasteiger partial charge >= 0.3 is 11.9 Å². The fourth-order valence-corrected chi connectivity index (χ4v) is 4.53. The summed E-state index contributed by atoms with van der Waals surface area (Å²) in [5.41, 5.74) is 0. The van der Waals surface area contributed by atoms with E-state index in [2.05, 4.69) is 111 Å². The second-order valence-corrected chi connectivity index (χ2v) is 11.9. The lowest BCUT2D eigenvalue weighted by Crippen LogP contribution is -2.28. The number of esters is 2. The van der Waals surface area contributed by atoms with Crippen LogP contribution < -0.4 is 0 Å². The largest absolute Gasteiger partial charge is 0.462 e. The first-order valence-corrected chi connectivity index (χ1v) is 18.8. The average molecular weight is 665 g/mol. The monoisotopic (exact) mass is 665 g/mol. The van der Waals surface area contributed by atoms with Crippen molar-refractivity contribution in [2.75, 3.05) is 13.2 Å². The molecule has 0 amide bonds. The summed E-state index contributed by atoms with van der Waals surface area (Å²) in [5, 5.41) is 9.54. The Morgan fingerprint density at radius 3 is 1.35 bits per heavy atom. The maximum absolute atomic E-state index is 12.1. The Balaban J connectivity index is 3.75. The fourth-order valence-electron chi connectivity index (χ4n) is 4.53. The highest BCUT2D eigenvalue weighted by molar-refractivity contribution is 5.70. The van der Waals surface area contributed by atoms with E-state index in [4.69, 9.17) is 9.47 Å². The van der Waals surface area contributed by atoms with Crippen molar-refractivity contribution >= 4 is 11.9 Å². The number of unbranched alkanes of at least 4 members (excludes halogenated alkanes) is 8. The first kappa shape index (κ1) is 44.8. The normalized spacial score (nSPS) is 13.3. The van der Waals surface area contributed by atoms with Crippen LogP contribution in [0.25, 0.3) is 0 Å². The molecule has 0 fully saturated rings. The molecule has 0 saturated carbocycles. The van der Waals surface area contributed by atoms with Gasteiger partial charge in [-0.15, -0.1) is 0 Å². The minimum Gasteiger partial charge on any atom is -0.462 e. The Morgan fingerprint density at radius 1 is 0.500 bits per heavy atom. The molecule has 5 heteroatoms. The van der Waals surface area contributed by atoms with Gasteiger partial charge in [-0.1, -0.05) is 130 Å².